The van der Waals surface area contributed by atoms with Crippen LogP contribution in [0, 0.1) is 0 Å². The Morgan fingerprint density at radius 2 is 2.17 bits per heavy atom. The molecule has 0 unspecified atom stereocenters. The van der Waals surface area contributed by atoms with E-state index in [4.69, 9.17) is 16.6 Å². The maximum Gasteiger partial charge on any atom is 0.128 e. The molecule has 3 nitrogen and oxygen atoms in total. The van der Waals surface area contributed by atoms with E-state index in [0.29, 0.717) is 6.04 Å². The second-order valence-electron chi connectivity index (χ2n) is 4.83. The summed E-state index contributed by atoms with van der Waals surface area (Å²) in [6.07, 6.45) is 3.70. The molecular weight excluding hydrogens is 246 g/mol. The van der Waals surface area contributed by atoms with Gasteiger partial charge >= 0.3 is 0 Å². The number of nitrogens with one attached hydrogen (secondary N) is 1. The molecule has 0 aromatic carbocycles. The van der Waals surface area contributed by atoms with Crippen LogP contribution in [0.15, 0.2) is 12.1 Å². The van der Waals surface area contributed by atoms with Crippen molar-refractivity contribution in [1.82, 2.24) is 10.3 Å². The Bertz CT molecular complexity index is 391. The molecule has 1 aromatic rings. The van der Waals surface area contributed by atoms with Crippen LogP contribution in [-0.4, -0.2) is 24.1 Å². The van der Waals surface area contributed by atoms with E-state index in [-0.39, 0.29) is 0 Å². The topological polar surface area (TPSA) is 28.2 Å². The second-order valence-corrected chi connectivity index (χ2v) is 5.24. The van der Waals surface area contributed by atoms with Gasteiger partial charge in [-0.3, -0.25) is 0 Å². The third-order valence-corrected chi connectivity index (χ3v) is 3.58. The average molecular weight is 268 g/mol. The number of pyridine rings is 1. The molecule has 1 N–H and O–H groups in total. The van der Waals surface area contributed by atoms with Crippen molar-refractivity contribution in [3.8, 4) is 0 Å². The van der Waals surface area contributed by atoms with Gasteiger partial charge in [0.15, 0.2) is 0 Å². The van der Waals surface area contributed by atoms with Crippen molar-refractivity contribution in [2.75, 3.05) is 18.0 Å². The summed E-state index contributed by atoms with van der Waals surface area (Å²) in [6, 6.07) is 4.67. The molecule has 4 heteroatoms. The van der Waals surface area contributed by atoms with Gasteiger partial charge < -0.3 is 10.2 Å². The molecule has 18 heavy (non-hydrogen) atoms. The first-order valence-electron chi connectivity index (χ1n) is 6.88. The minimum absolute atomic E-state index is 0.685. The zero-order valence-electron chi connectivity index (χ0n) is 11.2. The van der Waals surface area contributed by atoms with Gasteiger partial charge in [-0.15, -0.1) is 0 Å². The first-order chi connectivity index (χ1) is 8.74. The fourth-order valence-corrected chi connectivity index (χ4v) is 2.18. The van der Waals surface area contributed by atoms with Crippen LogP contribution in [0.25, 0.3) is 0 Å². The second kappa shape index (κ2) is 6.39. The third kappa shape index (κ3) is 3.59. The molecule has 1 aromatic heterocycles. The Morgan fingerprint density at radius 3 is 2.78 bits per heavy atom. The SMILES string of the molecule is CCCN(CC)c1ccc(Cl)c(CNC2CC2)n1. The van der Waals surface area contributed by atoms with E-state index in [2.05, 4.69) is 24.1 Å². The standard InChI is InChI=1S/C14H22ClN3/c1-3-9-18(4-2)14-8-7-12(15)13(17-14)10-16-11-5-6-11/h7-8,11,16H,3-6,9-10H2,1-2H3. The maximum atomic E-state index is 6.20. The van der Waals surface area contributed by atoms with Gasteiger partial charge in [-0.2, -0.15) is 0 Å². The monoisotopic (exact) mass is 267 g/mol. The molecule has 1 fully saturated rings. The molecular formula is C14H22ClN3. The van der Waals surface area contributed by atoms with E-state index < -0.39 is 0 Å². The number of hydrogen-bond donors (Lipinski definition) is 1. The fraction of sp³-hybridized carbons (Fsp3) is 0.643. The van der Waals surface area contributed by atoms with Crippen molar-refractivity contribution in [3.63, 3.8) is 0 Å². The van der Waals surface area contributed by atoms with Crippen LogP contribution in [0.4, 0.5) is 5.82 Å². The van der Waals surface area contributed by atoms with Gasteiger partial charge in [-0.05, 0) is 38.3 Å². The molecule has 1 saturated carbocycles. The Hall–Kier alpha value is -0.800. The predicted octanol–water partition coefficient (Wildman–Crippen LogP) is 3.22. The average Bonchev–Trinajstić information content (AvgIpc) is 3.19. The van der Waals surface area contributed by atoms with E-state index in [1.807, 2.05) is 12.1 Å². The lowest BCUT2D eigenvalue weighted by Gasteiger charge is -2.22. The summed E-state index contributed by atoms with van der Waals surface area (Å²) in [5.74, 6) is 1.04. The van der Waals surface area contributed by atoms with Crippen LogP contribution >= 0.6 is 11.6 Å². The first kappa shape index (κ1) is 13.6. The van der Waals surface area contributed by atoms with Crippen molar-refractivity contribution >= 4 is 17.4 Å². The van der Waals surface area contributed by atoms with Crippen molar-refractivity contribution in [2.45, 2.75) is 45.7 Å². The molecule has 100 valence electrons. The molecule has 0 saturated heterocycles. The van der Waals surface area contributed by atoms with Gasteiger partial charge in [0.1, 0.15) is 5.82 Å². The van der Waals surface area contributed by atoms with Gasteiger partial charge in [0.25, 0.3) is 0 Å². The summed E-state index contributed by atoms with van der Waals surface area (Å²) < 4.78 is 0. The van der Waals surface area contributed by atoms with Crippen LogP contribution in [0.2, 0.25) is 5.02 Å². The number of anilines is 1. The van der Waals surface area contributed by atoms with Gasteiger partial charge in [-0.1, -0.05) is 18.5 Å². The highest BCUT2D eigenvalue weighted by Crippen LogP contribution is 2.22. The van der Waals surface area contributed by atoms with Gasteiger partial charge in [0.2, 0.25) is 0 Å². The van der Waals surface area contributed by atoms with Crippen LogP contribution in [0.5, 0.6) is 0 Å². The van der Waals surface area contributed by atoms with Gasteiger partial charge in [0, 0.05) is 25.7 Å². The van der Waals surface area contributed by atoms with E-state index in [1.54, 1.807) is 0 Å². The smallest absolute Gasteiger partial charge is 0.128 e. The minimum Gasteiger partial charge on any atom is -0.357 e. The van der Waals surface area contributed by atoms with Crippen molar-refractivity contribution in [3.05, 3.63) is 22.8 Å². The van der Waals surface area contributed by atoms with E-state index in [0.717, 1.165) is 42.6 Å². The van der Waals surface area contributed by atoms with E-state index in [9.17, 15) is 0 Å². The summed E-state index contributed by atoms with van der Waals surface area (Å²) >= 11 is 6.20. The molecule has 0 amide bonds. The predicted molar refractivity (Wildman–Crippen MR) is 77.3 cm³/mol. The Labute approximate surface area is 115 Å². The number of halogens is 1. The van der Waals surface area contributed by atoms with E-state index >= 15 is 0 Å². The zero-order valence-corrected chi connectivity index (χ0v) is 12.0. The lowest BCUT2D eigenvalue weighted by atomic mass is 10.3. The molecule has 0 bridgehead atoms. The molecule has 1 aliphatic rings. The summed E-state index contributed by atoms with van der Waals surface area (Å²) in [5, 5.41) is 4.23. The summed E-state index contributed by atoms with van der Waals surface area (Å²) in [5.41, 5.74) is 0.968. The first-order valence-corrected chi connectivity index (χ1v) is 7.26. The van der Waals surface area contributed by atoms with Gasteiger partial charge in [-0.25, -0.2) is 4.98 Å². The maximum absolute atomic E-state index is 6.20. The van der Waals surface area contributed by atoms with Crippen LogP contribution in [-0.2, 0) is 6.54 Å². The number of hydrogen-bond acceptors (Lipinski definition) is 3. The van der Waals surface area contributed by atoms with Crippen molar-refractivity contribution in [1.29, 1.82) is 0 Å². The Balaban J connectivity index is 2.07. The van der Waals surface area contributed by atoms with Crippen LogP contribution in [0.1, 0.15) is 38.8 Å². The largest absolute Gasteiger partial charge is 0.357 e. The quantitative estimate of drug-likeness (QED) is 0.822. The number of aromatic nitrogens is 1. The normalized spacial score (nSPS) is 14.8. The molecule has 1 heterocycles. The summed E-state index contributed by atoms with van der Waals surface area (Å²) in [4.78, 5) is 6.98. The van der Waals surface area contributed by atoms with Crippen molar-refractivity contribution < 1.29 is 0 Å². The van der Waals surface area contributed by atoms with E-state index in [1.165, 1.54) is 12.8 Å². The zero-order chi connectivity index (χ0) is 13.0. The highest BCUT2D eigenvalue weighted by Gasteiger charge is 2.21. The molecule has 0 aliphatic heterocycles. The van der Waals surface area contributed by atoms with Gasteiger partial charge in [0.05, 0.1) is 10.7 Å². The Morgan fingerprint density at radius 1 is 1.39 bits per heavy atom. The molecule has 0 atom stereocenters. The number of nitrogens with zero attached hydrogens (tertiary/aromatic N) is 2. The summed E-state index contributed by atoms with van der Waals surface area (Å²) in [6.45, 7) is 7.15. The molecule has 0 radical (unpaired) electrons. The highest BCUT2D eigenvalue weighted by atomic mass is 35.5. The molecule has 0 spiro atoms. The third-order valence-electron chi connectivity index (χ3n) is 3.24. The van der Waals surface area contributed by atoms with Crippen LogP contribution < -0.4 is 10.2 Å². The number of rotatable bonds is 7. The molecule has 2 rings (SSSR count). The lowest BCUT2D eigenvalue weighted by Crippen LogP contribution is -2.25. The minimum atomic E-state index is 0.685. The Kier molecular flexibility index (Phi) is 4.84. The highest BCUT2D eigenvalue weighted by molar-refractivity contribution is 6.31. The lowest BCUT2D eigenvalue weighted by molar-refractivity contribution is 0.671. The van der Waals surface area contributed by atoms with Crippen LogP contribution in [0.3, 0.4) is 0 Å². The summed E-state index contributed by atoms with van der Waals surface area (Å²) in [7, 11) is 0. The fourth-order valence-electron chi connectivity index (χ4n) is 2.01. The van der Waals surface area contributed by atoms with Crippen molar-refractivity contribution in [2.24, 2.45) is 0 Å². The molecule has 1 aliphatic carbocycles.